The van der Waals surface area contributed by atoms with E-state index in [0.717, 1.165) is 10.6 Å². The molecule has 246 valence electrons. The largest absolute Gasteiger partial charge is 0.384 e. The fourth-order valence-electron chi connectivity index (χ4n) is 6.40. The van der Waals surface area contributed by atoms with E-state index >= 15 is 8.78 Å². The van der Waals surface area contributed by atoms with Gasteiger partial charge in [-0.25, -0.2) is 31.5 Å². The minimum Gasteiger partial charge on any atom is -0.384 e. The SMILES string of the molecule is C=CC(=O)N1C[C@H](C)N(c2nc(=O)n3c4nc(c(F)cc24)-c2c(F)cccc2NCCCS(=O)(=O)c2ccnc(C(C)C)c2-3)C[C@H]1C. The van der Waals surface area contributed by atoms with Crippen LogP contribution in [-0.4, -0.2) is 76.2 Å². The van der Waals surface area contributed by atoms with Crippen LogP contribution in [0.2, 0.25) is 0 Å². The summed E-state index contributed by atoms with van der Waals surface area (Å²) in [7, 11) is -4.00. The van der Waals surface area contributed by atoms with Gasteiger partial charge >= 0.3 is 5.69 Å². The lowest BCUT2D eigenvalue weighted by molar-refractivity contribution is -0.128. The molecule has 14 heteroatoms. The van der Waals surface area contributed by atoms with Crippen molar-refractivity contribution in [1.82, 2.24) is 24.4 Å². The molecule has 11 nitrogen and oxygen atoms in total. The summed E-state index contributed by atoms with van der Waals surface area (Å²) >= 11 is 0. The number of carbonyl (C=O) groups excluding carboxylic acids is 1. The molecule has 5 heterocycles. The van der Waals surface area contributed by atoms with Crippen molar-refractivity contribution in [3.63, 3.8) is 0 Å². The third-order valence-corrected chi connectivity index (χ3v) is 10.5. The Bertz CT molecular complexity index is 2100. The lowest BCUT2D eigenvalue weighted by Crippen LogP contribution is -2.58. The van der Waals surface area contributed by atoms with Gasteiger partial charge in [0.05, 0.1) is 33.0 Å². The number of benzene rings is 1. The van der Waals surface area contributed by atoms with Gasteiger partial charge < -0.3 is 15.1 Å². The van der Waals surface area contributed by atoms with Gasteiger partial charge in [0.15, 0.2) is 21.3 Å². The Morgan fingerprint density at radius 2 is 1.87 bits per heavy atom. The van der Waals surface area contributed by atoms with Crippen molar-refractivity contribution in [2.45, 2.75) is 57.0 Å². The van der Waals surface area contributed by atoms with E-state index in [1.165, 1.54) is 30.5 Å². The molecule has 3 aromatic heterocycles. The van der Waals surface area contributed by atoms with Crippen LogP contribution in [-0.2, 0) is 14.6 Å². The van der Waals surface area contributed by atoms with E-state index < -0.39 is 27.2 Å². The summed E-state index contributed by atoms with van der Waals surface area (Å²) in [5.41, 5.74) is -0.982. The summed E-state index contributed by atoms with van der Waals surface area (Å²) in [5.74, 6) is -2.37. The Labute approximate surface area is 270 Å². The predicted molar refractivity (Wildman–Crippen MR) is 176 cm³/mol. The number of fused-ring (bicyclic) bond motifs is 5. The summed E-state index contributed by atoms with van der Waals surface area (Å²) in [6, 6.07) is 6.03. The highest BCUT2D eigenvalue weighted by Gasteiger charge is 2.35. The maximum absolute atomic E-state index is 16.3. The number of piperazine rings is 1. The van der Waals surface area contributed by atoms with Crippen LogP contribution in [0.5, 0.6) is 0 Å². The molecule has 47 heavy (non-hydrogen) atoms. The first-order chi connectivity index (χ1) is 22.3. The maximum Gasteiger partial charge on any atom is 0.355 e. The molecule has 0 unspecified atom stereocenters. The number of nitrogens with one attached hydrogen (secondary N) is 1. The van der Waals surface area contributed by atoms with E-state index in [1.807, 2.05) is 27.7 Å². The zero-order valence-electron chi connectivity index (χ0n) is 26.5. The number of amides is 1. The van der Waals surface area contributed by atoms with E-state index in [4.69, 9.17) is 0 Å². The van der Waals surface area contributed by atoms with Crippen molar-refractivity contribution in [2.75, 3.05) is 35.6 Å². The lowest BCUT2D eigenvalue weighted by atomic mass is 10.0. The van der Waals surface area contributed by atoms with Gasteiger partial charge in [-0.05, 0) is 56.5 Å². The first-order valence-corrected chi connectivity index (χ1v) is 17.1. The van der Waals surface area contributed by atoms with Gasteiger partial charge in [-0.3, -0.25) is 9.78 Å². The molecular formula is C33H35F2N7O4S. The van der Waals surface area contributed by atoms with Gasteiger partial charge in [0.25, 0.3) is 0 Å². The Morgan fingerprint density at radius 1 is 1.11 bits per heavy atom. The summed E-state index contributed by atoms with van der Waals surface area (Å²) in [5, 5.41) is 3.15. The van der Waals surface area contributed by atoms with Crippen LogP contribution in [0, 0.1) is 11.6 Å². The fourth-order valence-corrected chi connectivity index (χ4v) is 7.91. The highest BCUT2D eigenvalue weighted by molar-refractivity contribution is 7.91. The number of hydrogen-bond donors (Lipinski definition) is 1. The first-order valence-electron chi connectivity index (χ1n) is 15.4. The van der Waals surface area contributed by atoms with Crippen molar-refractivity contribution < 1.29 is 22.0 Å². The Balaban J connectivity index is 1.74. The molecule has 0 aliphatic carbocycles. The molecular weight excluding hydrogens is 628 g/mol. The second-order valence-corrected chi connectivity index (χ2v) is 14.3. The van der Waals surface area contributed by atoms with Crippen molar-refractivity contribution in [3.05, 3.63) is 77.0 Å². The summed E-state index contributed by atoms with van der Waals surface area (Å²) in [6.07, 6.45) is 2.76. The maximum atomic E-state index is 16.3. The second-order valence-electron chi connectivity index (χ2n) is 12.2. The van der Waals surface area contributed by atoms with Crippen LogP contribution in [0.15, 0.2) is 58.9 Å². The molecule has 1 aromatic carbocycles. The Morgan fingerprint density at radius 3 is 2.60 bits per heavy atom. The van der Waals surface area contributed by atoms with Gasteiger partial charge in [-0.15, -0.1) is 0 Å². The van der Waals surface area contributed by atoms with Crippen molar-refractivity contribution in [2.24, 2.45) is 0 Å². The quantitative estimate of drug-likeness (QED) is 0.316. The second kappa shape index (κ2) is 12.1. The molecule has 2 atom stereocenters. The smallest absolute Gasteiger partial charge is 0.355 e. The summed E-state index contributed by atoms with van der Waals surface area (Å²) in [6.45, 7) is 11.6. The molecule has 0 saturated carbocycles. The van der Waals surface area contributed by atoms with Crippen LogP contribution in [0.25, 0.3) is 28.0 Å². The average molecular weight is 664 g/mol. The Kier molecular flexibility index (Phi) is 8.32. The standard InChI is InChI=1S/C33H35F2N7O4S/c1-6-26(43)40-16-20(5)41(17-19(40)4)31-21-15-23(35)29-27-22(34)9-7-10-24(27)36-12-8-14-47(45,46)25-11-13-37-28(18(2)3)30(25)42(32(21)38-29)33(44)39-31/h6-7,9-11,13,15,18-20,36H,1,8,12,14,16-17H2,2-5H3/t19-,20+/m1/s1. The highest BCUT2D eigenvalue weighted by Crippen LogP contribution is 2.38. The minimum atomic E-state index is -4.00. The summed E-state index contributed by atoms with van der Waals surface area (Å²) in [4.78, 5) is 43.7. The minimum absolute atomic E-state index is 0.0228. The van der Waals surface area contributed by atoms with Gasteiger partial charge in [0.2, 0.25) is 5.91 Å². The molecule has 2 aliphatic heterocycles. The number of carbonyl (C=O) groups is 1. The first kappa shape index (κ1) is 32.2. The van der Waals surface area contributed by atoms with Gasteiger partial charge in [0, 0.05) is 43.6 Å². The molecule has 0 radical (unpaired) electrons. The molecule has 2 aliphatic rings. The van der Waals surface area contributed by atoms with E-state index in [9.17, 15) is 18.0 Å². The molecule has 1 saturated heterocycles. The van der Waals surface area contributed by atoms with Crippen molar-refractivity contribution in [3.8, 4) is 16.9 Å². The monoisotopic (exact) mass is 663 g/mol. The normalized spacial score (nSPS) is 19.3. The molecule has 2 bridgehead atoms. The molecule has 1 N–H and O–H groups in total. The zero-order chi connectivity index (χ0) is 33.8. The lowest BCUT2D eigenvalue weighted by Gasteiger charge is -2.44. The topological polar surface area (TPSA) is 130 Å². The van der Waals surface area contributed by atoms with E-state index in [1.54, 1.807) is 15.9 Å². The third-order valence-electron chi connectivity index (χ3n) is 8.69. The summed E-state index contributed by atoms with van der Waals surface area (Å²) < 4.78 is 60.7. The highest BCUT2D eigenvalue weighted by atomic mass is 32.2. The number of nitrogens with zero attached hydrogens (tertiary/aromatic N) is 6. The fraction of sp³-hybridized carbons (Fsp3) is 0.364. The molecule has 0 spiro atoms. The third kappa shape index (κ3) is 5.53. The average Bonchev–Trinajstić information content (AvgIpc) is 3.03. The van der Waals surface area contributed by atoms with Crippen LogP contribution in [0.3, 0.4) is 0 Å². The van der Waals surface area contributed by atoms with Crippen LogP contribution < -0.4 is 15.9 Å². The van der Waals surface area contributed by atoms with Crippen LogP contribution in [0.4, 0.5) is 20.3 Å². The molecule has 6 rings (SSSR count). The number of halogens is 2. The van der Waals surface area contributed by atoms with Crippen molar-refractivity contribution in [1.29, 1.82) is 0 Å². The number of sulfone groups is 1. The number of pyridine rings is 2. The van der Waals surface area contributed by atoms with Gasteiger partial charge in [-0.2, -0.15) is 4.98 Å². The van der Waals surface area contributed by atoms with Gasteiger partial charge in [0.1, 0.15) is 17.3 Å². The molecule has 1 amide bonds. The predicted octanol–water partition coefficient (Wildman–Crippen LogP) is 4.45. The molecule has 4 aromatic rings. The van der Waals surface area contributed by atoms with Crippen molar-refractivity contribution >= 4 is 38.3 Å². The number of anilines is 2. The van der Waals surface area contributed by atoms with E-state index in [0.29, 0.717) is 5.69 Å². The number of aromatic nitrogens is 4. The number of rotatable bonds is 3. The molecule has 1 fully saturated rings. The van der Waals surface area contributed by atoms with Crippen LogP contribution >= 0.6 is 0 Å². The van der Waals surface area contributed by atoms with Gasteiger partial charge in [-0.1, -0.05) is 26.5 Å². The zero-order valence-corrected chi connectivity index (χ0v) is 27.3. The Hall–Kier alpha value is -4.72. The number of hydrogen-bond acceptors (Lipinski definition) is 9. The van der Waals surface area contributed by atoms with E-state index in [-0.39, 0.29) is 100 Å². The van der Waals surface area contributed by atoms with E-state index in [2.05, 4.69) is 26.8 Å². The van der Waals surface area contributed by atoms with Crippen LogP contribution in [0.1, 0.15) is 45.7 Å².